The van der Waals surface area contributed by atoms with Crippen molar-refractivity contribution in [2.45, 2.75) is 50.5 Å². The number of aliphatic hydroxyl groups excluding tert-OH is 3. The van der Waals surface area contributed by atoms with Gasteiger partial charge in [-0.3, -0.25) is 14.4 Å². The summed E-state index contributed by atoms with van der Waals surface area (Å²) in [6, 6.07) is 9.53. The molecule has 1 heterocycles. The van der Waals surface area contributed by atoms with Crippen LogP contribution < -0.4 is 19.5 Å². The van der Waals surface area contributed by atoms with Gasteiger partial charge in [0.25, 0.3) is 5.91 Å². The number of hydrogen-bond donors (Lipinski definition) is 4. The lowest BCUT2D eigenvalue weighted by Gasteiger charge is -2.40. The molecule has 11 nitrogen and oxygen atoms in total. The summed E-state index contributed by atoms with van der Waals surface area (Å²) in [6.45, 7) is 1.07. The van der Waals surface area contributed by atoms with Crippen LogP contribution in [0.2, 0.25) is 0 Å². The SMILES string of the molecule is CCC(=O)C(=O)N(CCc1cccc(OC)c1)C1C=C(C(=O)NCCO)C2c3cc(CO)cc(OC)c3OC2C1O. The maximum Gasteiger partial charge on any atom is 0.290 e. The average Bonchev–Trinajstić information content (AvgIpc) is 3.39. The third kappa shape index (κ3) is 6.07. The molecule has 2 aliphatic rings. The van der Waals surface area contributed by atoms with E-state index in [1.54, 1.807) is 32.2 Å². The summed E-state index contributed by atoms with van der Waals surface area (Å²) < 4.78 is 17.0. The van der Waals surface area contributed by atoms with Crippen molar-refractivity contribution in [2.24, 2.45) is 0 Å². The van der Waals surface area contributed by atoms with E-state index in [0.29, 0.717) is 34.8 Å². The molecule has 2 amide bonds. The van der Waals surface area contributed by atoms with E-state index in [4.69, 9.17) is 14.2 Å². The fourth-order valence-corrected chi connectivity index (χ4v) is 5.39. The number of fused-ring (bicyclic) bond motifs is 3. The number of carbonyl (C=O) groups is 3. The molecule has 0 saturated carbocycles. The standard InChI is InChI=1S/C30H36N2O9/c1-4-23(35)30(38)32(10-8-17-6-5-7-19(12-17)39-2)22-15-21(29(37)31-9-11-33)25-20-13-18(16-34)14-24(40-3)27(20)41-28(25)26(22)36/h5-7,12-15,22,25-26,28,33-34,36H,4,8-11,16H2,1-3H3,(H,31,37). The molecule has 0 bridgehead atoms. The summed E-state index contributed by atoms with van der Waals surface area (Å²) in [6.07, 6.45) is -0.488. The van der Waals surface area contributed by atoms with Gasteiger partial charge in [0, 0.05) is 30.6 Å². The van der Waals surface area contributed by atoms with Crippen molar-refractivity contribution < 1.29 is 43.9 Å². The minimum Gasteiger partial charge on any atom is -0.497 e. The Morgan fingerprint density at radius 3 is 2.51 bits per heavy atom. The quantitative estimate of drug-likeness (QED) is 0.273. The summed E-state index contributed by atoms with van der Waals surface area (Å²) in [7, 11) is 3.00. The van der Waals surface area contributed by atoms with Gasteiger partial charge in [-0.2, -0.15) is 0 Å². The van der Waals surface area contributed by atoms with Crippen molar-refractivity contribution in [2.75, 3.05) is 33.9 Å². The van der Waals surface area contributed by atoms with E-state index < -0.39 is 41.8 Å². The third-order valence-electron chi connectivity index (χ3n) is 7.45. The Kier molecular flexibility index (Phi) is 9.64. The first-order chi connectivity index (χ1) is 19.8. The van der Waals surface area contributed by atoms with Gasteiger partial charge in [0.05, 0.1) is 39.4 Å². The Labute approximate surface area is 238 Å². The number of Topliss-reactive ketones (excluding diaryl/α,β-unsaturated/α-hetero) is 1. The van der Waals surface area contributed by atoms with Crippen LogP contribution in [-0.2, 0) is 27.4 Å². The van der Waals surface area contributed by atoms with Crippen LogP contribution in [-0.4, -0.2) is 90.0 Å². The van der Waals surface area contributed by atoms with Crippen molar-refractivity contribution in [1.29, 1.82) is 0 Å². The minimum atomic E-state index is -1.32. The van der Waals surface area contributed by atoms with Crippen molar-refractivity contribution in [3.63, 3.8) is 0 Å². The van der Waals surface area contributed by atoms with Crippen LogP contribution in [0.25, 0.3) is 0 Å². The van der Waals surface area contributed by atoms with Gasteiger partial charge in [-0.1, -0.05) is 19.1 Å². The number of amides is 2. The summed E-state index contributed by atoms with van der Waals surface area (Å²) >= 11 is 0. The van der Waals surface area contributed by atoms with Gasteiger partial charge in [0.15, 0.2) is 11.5 Å². The molecule has 0 saturated heterocycles. The second kappa shape index (κ2) is 13.2. The van der Waals surface area contributed by atoms with Crippen molar-refractivity contribution >= 4 is 17.6 Å². The first-order valence-corrected chi connectivity index (χ1v) is 13.5. The fourth-order valence-electron chi connectivity index (χ4n) is 5.39. The highest BCUT2D eigenvalue weighted by atomic mass is 16.5. The normalized spacial score (nSPS) is 20.7. The number of carbonyl (C=O) groups excluding carboxylic acids is 3. The van der Waals surface area contributed by atoms with E-state index >= 15 is 0 Å². The Balaban J connectivity index is 1.78. The Morgan fingerprint density at radius 2 is 1.85 bits per heavy atom. The largest absolute Gasteiger partial charge is 0.497 e. The number of hydrogen-bond acceptors (Lipinski definition) is 9. The van der Waals surface area contributed by atoms with Crippen LogP contribution in [0.4, 0.5) is 0 Å². The van der Waals surface area contributed by atoms with Gasteiger partial charge < -0.3 is 39.7 Å². The van der Waals surface area contributed by atoms with Crippen LogP contribution in [0.1, 0.15) is 36.0 Å². The molecule has 0 radical (unpaired) electrons. The predicted molar refractivity (Wildman–Crippen MR) is 148 cm³/mol. The molecule has 4 rings (SSSR count). The number of aliphatic hydroxyl groups is 3. The maximum absolute atomic E-state index is 13.4. The van der Waals surface area contributed by atoms with Gasteiger partial charge in [-0.25, -0.2) is 0 Å². The molecule has 11 heteroatoms. The first kappa shape index (κ1) is 30.0. The maximum atomic E-state index is 13.4. The van der Waals surface area contributed by atoms with Crippen molar-refractivity contribution in [3.8, 4) is 17.2 Å². The van der Waals surface area contributed by atoms with E-state index in [2.05, 4.69) is 5.32 Å². The number of methoxy groups -OCH3 is 2. The fraction of sp³-hybridized carbons (Fsp3) is 0.433. The lowest BCUT2D eigenvalue weighted by molar-refractivity contribution is -0.148. The molecular weight excluding hydrogens is 532 g/mol. The second-order valence-corrected chi connectivity index (χ2v) is 9.89. The number of benzene rings is 2. The number of ether oxygens (including phenoxy) is 3. The number of nitrogens with zero attached hydrogens (tertiary/aromatic N) is 1. The molecule has 0 spiro atoms. The van der Waals surface area contributed by atoms with Crippen LogP contribution in [0.15, 0.2) is 48.0 Å². The Hall–Kier alpha value is -3.93. The van der Waals surface area contributed by atoms with Crippen molar-refractivity contribution in [1.82, 2.24) is 10.2 Å². The Morgan fingerprint density at radius 1 is 1.07 bits per heavy atom. The number of rotatable bonds is 12. The molecule has 41 heavy (non-hydrogen) atoms. The zero-order chi connectivity index (χ0) is 29.7. The Bertz CT molecular complexity index is 1330. The highest BCUT2D eigenvalue weighted by Gasteiger charge is 2.51. The second-order valence-electron chi connectivity index (χ2n) is 9.89. The molecule has 0 aromatic heterocycles. The summed E-state index contributed by atoms with van der Waals surface area (Å²) in [4.78, 5) is 40.7. The average molecular weight is 569 g/mol. The molecule has 4 N–H and O–H groups in total. The topological polar surface area (TPSA) is 155 Å². The van der Waals surface area contributed by atoms with E-state index in [1.807, 2.05) is 18.2 Å². The first-order valence-electron chi connectivity index (χ1n) is 13.5. The monoisotopic (exact) mass is 568 g/mol. The molecule has 0 fully saturated rings. The molecule has 2 aromatic carbocycles. The van der Waals surface area contributed by atoms with E-state index in [9.17, 15) is 29.7 Å². The molecule has 2 aromatic rings. The lowest BCUT2D eigenvalue weighted by Crippen LogP contribution is -2.57. The lowest BCUT2D eigenvalue weighted by atomic mass is 9.77. The molecule has 1 aliphatic heterocycles. The molecule has 4 unspecified atom stereocenters. The van der Waals surface area contributed by atoms with Crippen LogP contribution >= 0.6 is 0 Å². The van der Waals surface area contributed by atoms with Gasteiger partial charge in [0.2, 0.25) is 11.7 Å². The van der Waals surface area contributed by atoms with E-state index in [1.165, 1.54) is 18.1 Å². The van der Waals surface area contributed by atoms with E-state index in [0.717, 1.165) is 5.56 Å². The van der Waals surface area contributed by atoms with E-state index in [-0.39, 0.29) is 38.3 Å². The molecular formula is C30H36N2O9. The summed E-state index contributed by atoms with van der Waals surface area (Å²) in [5.74, 6) is -1.40. The zero-order valence-corrected chi connectivity index (χ0v) is 23.3. The van der Waals surface area contributed by atoms with Gasteiger partial charge in [0.1, 0.15) is 18.0 Å². The van der Waals surface area contributed by atoms with Crippen LogP contribution in [0, 0.1) is 0 Å². The summed E-state index contributed by atoms with van der Waals surface area (Å²) in [5, 5.41) is 33.5. The highest BCUT2D eigenvalue weighted by Crippen LogP contribution is 2.51. The highest BCUT2D eigenvalue weighted by molar-refractivity contribution is 6.36. The van der Waals surface area contributed by atoms with Gasteiger partial charge in [-0.05, 0) is 47.9 Å². The summed E-state index contributed by atoms with van der Waals surface area (Å²) in [5.41, 5.74) is 2.13. The van der Waals surface area contributed by atoms with Gasteiger partial charge >= 0.3 is 0 Å². The smallest absolute Gasteiger partial charge is 0.290 e. The van der Waals surface area contributed by atoms with Crippen LogP contribution in [0.3, 0.4) is 0 Å². The third-order valence-corrected chi connectivity index (χ3v) is 7.45. The minimum absolute atomic E-state index is 0.0126. The number of ketones is 1. The van der Waals surface area contributed by atoms with Crippen LogP contribution in [0.5, 0.6) is 17.2 Å². The molecule has 220 valence electrons. The van der Waals surface area contributed by atoms with Crippen molar-refractivity contribution in [3.05, 3.63) is 64.7 Å². The molecule has 4 atom stereocenters. The molecule has 1 aliphatic carbocycles. The zero-order valence-electron chi connectivity index (χ0n) is 23.3. The van der Waals surface area contributed by atoms with Gasteiger partial charge in [-0.15, -0.1) is 0 Å². The predicted octanol–water partition coefficient (Wildman–Crippen LogP) is 0.869. The number of nitrogens with one attached hydrogen (secondary N) is 1.